The molecule has 56 valence electrons. The van der Waals surface area contributed by atoms with E-state index in [1.165, 1.54) is 0 Å². The first-order valence-corrected chi connectivity index (χ1v) is 3.29. The van der Waals surface area contributed by atoms with E-state index in [-0.39, 0.29) is 18.3 Å². The quantitative estimate of drug-likeness (QED) is 0.579. The summed E-state index contributed by atoms with van der Waals surface area (Å²) in [6, 6.07) is -0.537. The average molecular weight is 164 g/mol. The minimum atomic E-state index is -0.552. The third-order valence-corrected chi connectivity index (χ3v) is 1.46. The first-order valence-electron chi connectivity index (χ1n) is 2.76. The van der Waals surface area contributed by atoms with Crippen LogP contribution in [-0.2, 0) is 9.53 Å². The highest BCUT2D eigenvalue weighted by molar-refractivity contribution is 6.28. The molecular weight excluding hydrogens is 158 g/mol. The monoisotopic (exact) mass is 163 g/mol. The molecule has 4 nitrogen and oxygen atoms in total. The molecule has 0 aliphatic carbocycles. The van der Waals surface area contributed by atoms with Gasteiger partial charge in [0.2, 0.25) is 0 Å². The maximum absolute atomic E-state index is 10.7. The van der Waals surface area contributed by atoms with E-state index in [0.717, 1.165) is 0 Å². The first-order chi connectivity index (χ1) is 4.74. The summed E-state index contributed by atoms with van der Waals surface area (Å²) in [5.41, 5.74) is 0. The van der Waals surface area contributed by atoms with E-state index in [2.05, 4.69) is 10.1 Å². The SMILES string of the molecule is O=C1NC(C(=O)CCl)CO1. The van der Waals surface area contributed by atoms with Crippen molar-refractivity contribution in [3.05, 3.63) is 0 Å². The van der Waals surface area contributed by atoms with Crippen LogP contribution in [0.25, 0.3) is 0 Å². The highest BCUT2D eigenvalue weighted by Gasteiger charge is 2.27. The second-order valence-corrected chi connectivity index (χ2v) is 2.16. The van der Waals surface area contributed by atoms with Crippen LogP contribution in [0.5, 0.6) is 0 Å². The number of amides is 1. The number of hydrogen-bond donors (Lipinski definition) is 1. The van der Waals surface area contributed by atoms with Crippen LogP contribution >= 0.6 is 11.6 Å². The Labute approximate surface area is 62.5 Å². The van der Waals surface area contributed by atoms with Crippen molar-refractivity contribution in [3.63, 3.8) is 0 Å². The number of halogens is 1. The number of carbonyl (C=O) groups excluding carboxylic acids is 2. The molecule has 0 saturated carbocycles. The Balaban J connectivity index is 2.44. The van der Waals surface area contributed by atoms with Gasteiger partial charge in [-0.2, -0.15) is 0 Å². The van der Waals surface area contributed by atoms with Gasteiger partial charge in [-0.15, -0.1) is 11.6 Å². The summed E-state index contributed by atoms with van der Waals surface area (Å²) in [7, 11) is 0. The van der Waals surface area contributed by atoms with Gasteiger partial charge in [0.25, 0.3) is 0 Å². The van der Waals surface area contributed by atoms with Gasteiger partial charge in [-0.25, -0.2) is 4.79 Å². The van der Waals surface area contributed by atoms with Gasteiger partial charge in [0.05, 0.1) is 5.88 Å². The zero-order chi connectivity index (χ0) is 7.56. The number of ether oxygens (including phenoxy) is 1. The standard InChI is InChI=1S/C5H6ClNO3/c6-1-4(8)3-2-10-5(9)7-3/h3H,1-2H2,(H,7,9). The molecule has 0 aromatic rings. The fraction of sp³-hybridized carbons (Fsp3) is 0.600. The van der Waals surface area contributed by atoms with Crippen LogP contribution in [0.2, 0.25) is 0 Å². The zero-order valence-corrected chi connectivity index (χ0v) is 5.85. The number of rotatable bonds is 2. The summed E-state index contributed by atoms with van der Waals surface area (Å²) < 4.78 is 4.46. The lowest BCUT2D eigenvalue weighted by molar-refractivity contribution is -0.118. The molecule has 1 unspecified atom stereocenters. The number of nitrogens with one attached hydrogen (secondary N) is 1. The molecule has 1 saturated heterocycles. The molecule has 10 heavy (non-hydrogen) atoms. The topological polar surface area (TPSA) is 55.4 Å². The number of carbonyl (C=O) groups is 2. The van der Waals surface area contributed by atoms with Gasteiger partial charge in [0, 0.05) is 0 Å². The summed E-state index contributed by atoms with van der Waals surface area (Å²) in [4.78, 5) is 21.1. The molecule has 0 spiro atoms. The van der Waals surface area contributed by atoms with E-state index < -0.39 is 12.1 Å². The van der Waals surface area contributed by atoms with E-state index in [9.17, 15) is 9.59 Å². The second kappa shape index (κ2) is 2.88. The number of hydrogen-bond acceptors (Lipinski definition) is 3. The van der Waals surface area contributed by atoms with Gasteiger partial charge in [-0.3, -0.25) is 4.79 Å². The third kappa shape index (κ3) is 1.39. The molecule has 1 N–H and O–H groups in total. The van der Waals surface area contributed by atoms with Crippen LogP contribution < -0.4 is 5.32 Å². The predicted molar refractivity (Wildman–Crippen MR) is 34.0 cm³/mol. The highest BCUT2D eigenvalue weighted by Crippen LogP contribution is 1.99. The minimum Gasteiger partial charge on any atom is -0.447 e. The first kappa shape index (κ1) is 7.34. The Morgan fingerprint density at radius 2 is 2.60 bits per heavy atom. The smallest absolute Gasteiger partial charge is 0.407 e. The van der Waals surface area contributed by atoms with E-state index in [1.807, 2.05) is 0 Å². The molecule has 1 atom stereocenters. The highest BCUT2D eigenvalue weighted by atomic mass is 35.5. The van der Waals surface area contributed by atoms with E-state index >= 15 is 0 Å². The van der Waals surface area contributed by atoms with Crippen LogP contribution in [0.4, 0.5) is 4.79 Å². The molecule has 0 radical (unpaired) electrons. The molecular formula is C5H6ClNO3. The van der Waals surface area contributed by atoms with E-state index in [0.29, 0.717) is 0 Å². The van der Waals surface area contributed by atoms with Crippen molar-refractivity contribution in [2.45, 2.75) is 6.04 Å². The van der Waals surface area contributed by atoms with Crippen molar-refractivity contribution in [1.82, 2.24) is 5.32 Å². The van der Waals surface area contributed by atoms with Gasteiger partial charge < -0.3 is 10.1 Å². The lowest BCUT2D eigenvalue weighted by atomic mass is 10.2. The molecule has 1 fully saturated rings. The summed E-state index contributed by atoms with van der Waals surface area (Å²) in [5, 5.41) is 2.31. The van der Waals surface area contributed by atoms with E-state index in [4.69, 9.17) is 11.6 Å². The molecule has 1 aliphatic rings. The maximum Gasteiger partial charge on any atom is 0.407 e. The van der Waals surface area contributed by atoms with Gasteiger partial charge in [-0.1, -0.05) is 0 Å². The van der Waals surface area contributed by atoms with Crippen molar-refractivity contribution in [3.8, 4) is 0 Å². The third-order valence-electron chi connectivity index (χ3n) is 1.19. The van der Waals surface area contributed by atoms with Crippen molar-refractivity contribution >= 4 is 23.5 Å². The summed E-state index contributed by atoms with van der Waals surface area (Å²) in [6.45, 7) is 0.102. The molecule has 1 aliphatic heterocycles. The number of Topliss-reactive ketones (excluding diaryl/α,β-unsaturated/α-hetero) is 1. The number of alkyl halides is 1. The molecule has 5 heteroatoms. The molecule has 0 aromatic heterocycles. The van der Waals surface area contributed by atoms with Crippen molar-refractivity contribution < 1.29 is 14.3 Å². The number of cyclic esters (lactones) is 1. The largest absolute Gasteiger partial charge is 0.447 e. The molecule has 1 rings (SSSR count). The van der Waals surface area contributed by atoms with Crippen molar-refractivity contribution in [2.24, 2.45) is 0 Å². The Bertz CT molecular complexity index is 170. The summed E-state index contributed by atoms with van der Waals surface area (Å²) in [5.74, 6) is -0.304. The minimum absolute atomic E-state index is 0.0890. The van der Waals surface area contributed by atoms with Crippen LogP contribution in [0, 0.1) is 0 Å². The fourth-order valence-corrected chi connectivity index (χ4v) is 0.837. The Morgan fingerprint density at radius 1 is 1.90 bits per heavy atom. The van der Waals surface area contributed by atoms with Crippen LogP contribution in [-0.4, -0.2) is 30.4 Å². The van der Waals surface area contributed by atoms with Crippen LogP contribution in [0.1, 0.15) is 0 Å². The number of alkyl carbamates (subject to hydrolysis) is 1. The van der Waals surface area contributed by atoms with Gasteiger partial charge in [-0.05, 0) is 0 Å². The van der Waals surface area contributed by atoms with Gasteiger partial charge >= 0.3 is 6.09 Å². The Morgan fingerprint density at radius 3 is 3.00 bits per heavy atom. The molecule has 1 amide bonds. The molecule has 0 bridgehead atoms. The lowest BCUT2D eigenvalue weighted by Gasteiger charge is -2.00. The Hall–Kier alpha value is -0.770. The van der Waals surface area contributed by atoms with Crippen LogP contribution in [0.15, 0.2) is 0 Å². The molecule has 1 heterocycles. The molecule has 0 aromatic carbocycles. The van der Waals surface area contributed by atoms with Gasteiger partial charge in [0.1, 0.15) is 12.6 Å². The van der Waals surface area contributed by atoms with Crippen molar-refractivity contribution in [1.29, 1.82) is 0 Å². The van der Waals surface area contributed by atoms with Gasteiger partial charge in [0.15, 0.2) is 5.78 Å². The summed E-state index contributed by atoms with van der Waals surface area (Å²) in [6.07, 6.45) is -0.552. The Kier molecular flexibility index (Phi) is 2.11. The summed E-state index contributed by atoms with van der Waals surface area (Å²) >= 11 is 5.22. The predicted octanol–water partition coefficient (Wildman–Crippen LogP) is -0.0973. The maximum atomic E-state index is 10.7. The zero-order valence-electron chi connectivity index (χ0n) is 5.09. The lowest BCUT2D eigenvalue weighted by Crippen LogP contribution is -2.35. The second-order valence-electron chi connectivity index (χ2n) is 1.90. The van der Waals surface area contributed by atoms with Crippen LogP contribution in [0.3, 0.4) is 0 Å². The van der Waals surface area contributed by atoms with E-state index in [1.54, 1.807) is 0 Å². The average Bonchev–Trinajstić information content (AvgIpc) is 2.34. The fourth-order valence-electron chi connectivity index (χ4n) is 0.651. The normalized spacial score (nSPS) is 23.7. The van der Waals surface area contributed by atoms with Crippen molar-refractivity contribution in [2.75, 3.05) is 12.5 Å². The number of ketones is 1.